The first kappa shape index (κ1) is 12.8. The summed E-state index contributed by atoms with van der Waals surface area (Å²) in [4.78, 5) is 11.1. The Labute approximate surface area is 113 Å². The van der Waals surface area contributed by atoms with Gasteiger partial charge in [0.05, 0.1) is 15.9 Å². The van der Waals surface area contributed by atoms with Gasteiger partial charge in [0.2, 0.25) is 0 Å². The Morgan fingerprint density at radius 3 is 2.44 bits per heavy atom. The van der Waals surface area contributed by atoms with E-state index in [4.69, 9.17) is 5.73 Å². The first-order chi connectivity index (χ1) is 8.40. The molecule has 2 aromatic heterocycles. The van der Waals surface area contributed by atoms with E-state index in [-0.39, 0.29) is 5.69 Å². The molecule has 0 spiro atoms. The van der Waals surface area contributed by atoms with Crippen molar-refractivity contribution in [2.75, 3.05) is 0 Å². The number of amides is 1. The fraction of sp³-hybridized carbons (Fsp3) is 0.364. The summed E-state index contributed by atoms with van der Waals surface area (Å²) in [6, 6.07) is 1.67. The molecule has 0 aliphatic carbocycles. The van der Waals surface area contributed by atoms with Crippen LogP contribution in [0.3, 0.4) is 0 Å². The van der Waals surface area contributed by atoms with Crippen molar-refractivity contribution in [3.8, 4) is 0 Å². The molecule has 0 unspecified atom stereocenters. The van der Waals surface area contributed by atoms with Gasteiger partial charge in [0.15, 0.2) is 0 Å². The summed E-state index contributed by atoms with van der Waals surface area (Å²) in [6.45, 7) is 6.23. The van der Waals surface area contributed by atoms with Gasteiger partial charge in [0.25, 0.3) is 5.91 Å². The van der Waals surface area contributed by atoms with Crippen molar-refractivity contribution in [3.05, 3.63) is 33.3 Å². The summed E-state index contributed by atoms with van der Waals surface area (Å²) in [5.41, 5.74) is 8.28. The van der Waals surface area contributed by atoms with Gasteiger partial charge < -0.3 is 5.73 Å². The molecule has 6 nitrogen and oxygen atoms in total. The summed E-state index contributed by atoms with van der Waals surface area (Å²) in [5, 5.41) is 8.54. The van der Waals surface area contributed by atoms with Gasteiger partial charge in [-0.25, -0.2) is 9.36 Å². The van der Waals surface area contributed by atoms with Crippen LogP contribution in [-0.2, 0) is 6.67 Å². The van der Waals surface area contributed by atoms with Gasteiger partial charge in [-0.3, -0.25) is 4.79 Å². The molecule has 2 rings (SSSR count). The number of primary amides is 1. The van der Waals surface area contributed by atoms with E-state index in [1.54, 1.807) is 10.7 Å². The van der Waals surface area contributed by atoms with Crippen LogP contribution >= 0.6 is 15.9 Å². The lowest BCUT2D eigenvalue weighted by atomic mass is 10.4. The standard InChI is InChI=1S/C11H14BrN5O/c1-6-4-9(11(13)18)15-16(6)5-17-8(3)10(12)7(2)14-17/h4H,5H2,1-3H3,(H2,13,18). The third-order valence-electron chi connectivity index (χ3n) is 2.79. The summed E-state index contributed by atoms with van der Waals surface area (Å²) >= 11 is 3.47. The largest absolute Gasteiger partial charge is 0.364 e. The number of nitrogens with two attached hydrogens (primary N) is 1. The highest BCUT2D eigenvalue weighted by Gasteiger charge is 2.12. The number of aryl methyl sites for hydroxylation is 2. The minimum Gasteiger partial charge on any atom is -0.364 e. The summed E-state index contributed by atoms with van der Waals surface area (Å²) in [5.74, 6) is -0.522. The highest BCUT2D eigenvalue weighted by Crippen LogP contribution is 2.19. The van der Waals surface area contributed by atoms with Crippen LogP contribution in [0.4, 0.5) is 0 Å². The Bertz CT molecular complexity index is 613. The maximum atomic E-state index is 11.1. The minimum atomic E-state index is -0.522. The van der Waals surface area contributed by atoms with E-state index in [1.807, 2.05) is 25.5 Å². The molecule has 0 fully saturated rings. The Morgan fingerprint density at radius 2 is 2.00 bits per heavy atom. The highest BCUT2D eigenvalue weighted by atomic mass is 79.9. The molecular formula is C11H14BrN5O. The molecule has 96 valence electrons. The smallest absolute Gasteiger partial charge is 0.269 e. The van der Waals surface area contributed by atoms with Crippen LogP contribution < -0.4 is 5.73 Å². The Balaban J connectivity index is 2.34. The van der Waals surface area contributed by atoms with Gasteiger partial charge in [-0.1, -0.05) is 0 Å². The molecule has 18 heavy (non-hydrogen) atoms. The molecule has 0 aromatic carbocycles. The molecule has 2 heterocycles. The van der Waals surface area contributed by atoms with Crippen molar-refractivity contribution in [1.82, 2.24) is 19.6 Å². The number of hydrogen-bond donors (Lipinski definition) is 1. The Kier molecular flexibility index (Phi) is 3.25. The number of aromatic nitrogens is 4. The molecule has 0 saturated heterocycles. The Hall–Kier alpha value is -1.63. The quantitative estimate of drug-likeness (QED) is 0.930. The van der Waals surface area contributed by atoms with Crippen LogP contribution in [0, 0.1) is 20.8 Å². The summed E-state index contributed by atoms with van der Waals surface area (Å²) in [7, 11) is 0. The lowest BCUT2D eigenvalue weighted by molar-refractivity contribution is 0.0994. The molecule has 2 aromatic rings. The average Bonchev–Trinajstić information content (AvgIpc) is 2.77. The molecule has 0 aliphatic heterocycles. The molecule has 0 bridgehead atoms. The number of halogens is 1. The van der Waals surface area contributed by atoms with Gasteiger partial charge in [0.1, 0.15) is 12.4 Å². The van der Waals surface area contributed by atoms with Crippen molar-refractivity contribution in [2.45, 2.75) is 27.4 Å². The van der Waals surface area contributed by atoms with E-state index in [2.05, 4.69) is 26.1 Å². The minimum absolute atomic E-state index is 0.271. The highest BCUT2D eigenvalue weighted by molar-refractivity contribution is 9.10. The van der Waals surface area contributed by atoms with Crippen LogP contribution in [0.15, 0.2) is 10.5 Å². The molecule has 2 N–H and O–H groups in total. The predicted octanol–water partition coefficient (Wildman–Crippen LogP) is 1.37. The molecular weight excluding hydrogens is 298 g/mol. The van der Waals surface area contributed by atoms with Gasteiger partial charge in [-0.15, -0.1) is 0 Å². The van der Waals surface area contributed by atoms with Crippen molar-refractivity contribution >= 4 is 21.8 Å². The van der Waals surface area contributed by atoms with E-state index < -0.39 is 5.91 Å². The number of carbonyl (C=O) groups is 1. The lowest BCUT2D eigenvalue weighted by Crippen LogP contribution is -2.16. The van der Waals surface area contributed by atoms with E-state index in [1.165, 1.54) is 0 Å². The topological polar surface area (TPSA) is 78.7 Å². The second-order valence-electron chi connectivity index (χ2n) is 4.16. The zero-order valence-corrected chi connectivity index (χ0v) is 12.0. The zero-order chi connectivity index (χ0) is 13.4. The lowest BCUT2D eigenvalue weighted by Gasteiger charge is -2.06. The molecule has 0 aliphatic rings. The second-order valence-corrected chi connectivity index (χ2v) is 4.95. The fourth-order valence-electron chi connectivity index (χ4n) is 1.71. The van der Waals surface area contributed by atoms with Crippen molar-refractivity contribution in [1.29, 1.82) is 0 Å². The van der Waals surface area contributed by atoms with Gasteiger partial charge in [-0.2, -0.15) is 10.2 Å². The van der Waals surface area contributed by atoms with Crippen LogP contribution in [-0.4, -0.2) is 25.5 Å². The van der Waals surface area contributed by atoms with E-state index in [0.717, 1.165) is 21.6 Å². The first-order valence-electron chi connectivity index (χ1n) is 5.44. The SMILES string of the molecule is Cc1nn(Cn2nc(C(N)=O)cc2C)c(C)c1Br. The van der Waals surface area contributed by atoms with E-state index in [9.17, 15) is 4.79 Å². The zero-order valence-electron chi connectivity index (χ0n) is 10.4. The summed E-state index contributed by atoms with van der Waals surface area (Å²) in [6.07, 6.45) is 0. The molecule has 0 atom stereocenters. The van der Waals surface area contributed by atoms with Gasteiger partial charge in [-0.05, 0) is 42.8 Å². The average molecular weight is 312 g/mol. The molecule has 1 amide bonds. The molecule has 7 heteroatoms. The number of carbonyl (C=O) groups excluding carboxylic acids is 1. The third-order valence-corrected chi connectivity index (χ3v) is 3.94. The van der Waals surface area contributed by atoms with Crippen LogP contribution in [0.5, 0.6) is 0 Å². The van der Waals surface area contributed by atoms with E-state index in [0.29, 0.717) is 6.67 Å². The number of hydrogen-bond acceptors (Lipinski definition) is 3. The van der Waals surface area contributed by atoms with Crippen molar-refractivity contribution < 1.29 is 4.79 Å². The third kappa shape index (κ3) is 2.17. The second kappa shape index (κ2) is 4.56. The normalized spacial score (nSPS) is 10.9. The first-order valence-corrected chi connectivity index (χ1v) is 6.23. The monoisotopic (exact) mass is 311 g/mol. The maximum absolute atomic E-state index is 11.1. The molecule has 0 radical (unpaired) electrons. The molecule has 0 saturated carbocycles. The Morgan fingerprint density at radius 1 is 1.33 bits per heavy atom. The van der Waals surface area contributed by atoms with Crippen LogP contribution in [0.2, 0.25) is 0 Å². The van der Waals surface area contributed by atoms with Crippen LogP contribution in [0.25, 0.3) is 0 Å². The van der Waals surface area contributed by atoms with Gasteiger partial charge >= 0.3 is 0 Å². The fourth-order valence-corrected chi connectivity index (χ4v) is 2.00. The van der Waals surface area contributed by atoms with Crippen molar-refractivity contribution in [2.24, 2.45) is 5.73 Å². The summed E-state index contributed by atoms with van der Waals surface area (Å²) < 4.78 is 4.51. The van der Waals surface area contributed by atoms with E-state index >= 15 is 0 Å². The number of nitrogens with zero attached hydrogens (tertiary/aromatic N) is 4. The van der Waals surface area contributed by atoms with Gasteiger partial charge in [0, 0.05) is 5.69 Å². The van der Waals surface area contributed by atoms with Crippen molar-refractivity contribution in [3.63, 3.8) is 0 Å². The predicted molar refractivity (Wildman–Crippen MR) is 70.3 cm³/mol. The van der Waals surface area contributed by atoms with Crippen LogP contribution in [0.1, 0.15) is 27.6 Å². The number of rotatable bonds is 3. The maximum Gasteiger partial charge on any atom is 0.269 e.